The number of piperidine rings is 1. The van der Waals surface area contributed by atoms with Crippen LogP contribution < -0.4 is 4.90 Å². The zero-order valence-electron chi connectivity index (χ0n) is 11.1. The van der Waals surface area contributed by atoms with Crippen LogP contribution in [0.15, 0.2) is 22.7 Å². The van der Waals surface area contributed by atoms with Crippen molar-refractivity contribution in [1.82, 2.24) is 0 Å². The van der Waals surface area contributed by atoms with Crippen molar-refractivity contribution in [2.24, 2.45) is 5.41 Å². The van der Waals surface area contributed by atoms with Gasteiger partial charge in [0.1, 0.15) is 0 Å². The summed E-state index contributed by atoms with van der Waals surface area (Å²) < 4.78 is 0.888. The Bertz CT molecular complexity index is 436. The van der Waals surface area contributed by atoms with Crippen LogP contribution in [0.25, 0.3) is 0 Å². The van der Waals surface area contributed by atoms with Crippen LogP contribution in [0, 0.1) is 5.41 Å². The molecule has 3 heteroatoms. The number of aldehydes is 1. The number of benzene rings is 1. The van der Waals surface area contributed by atoms with Crippen molar-refractivity contribution in [3.63, 3.8) is 0 Å². The molecule has 1 fully saturated rings. The van der Waals surface area contributed by atoms with E-state index in [0.29, 0.717) is 11.0 Å². The Labute approximate surface area is 117 Å². The minimum absolute atomic E-state index is 0.510. The van der Waals surface area contributed by atoms with Crippen molar-refractivity contribution in [3.05, 3.63) is 28.2 Å². The second kappa shape index (κ2) is 5.43. The Hall–Kier alpha value is -0.830. The van der Waals surface area contributed by atoms with Crippen molar-refractivity contribution in [1.29, 1.82) is 0 Å². The van der Waals surface area contributed by atoms with Crippen LogP contribution in [0.1, 0.15) is 43.5 Å². The molecule has 0 atom stereocenters. The molecule has 2 rings (SSSR count). The third-order valence-electron chi connectivity index (χ3n) is 4.30. The molecule has 0 bridgehead atoms. The molecule has 1 aliphatic rings. The summed E-state index contributed by atoms with van der Waals surface area (Å²) in [6.45, 7) is 6.88. The number of carbonyl (C=O) groups is 1. The second-order valence-corrected chi connectivity index (χ2v) is 6.33. The Morgan fingerprint density at radius 3 is 2.56 bits per heavy atom. The molecule has 0 aliphatic carbocycles. The maximum absolute atomic E-state index is 10.8. The first-order valence-corrected chi connectivity index (χ1v) is 7.37. The van der Waals surface area contributed by atoms with Gasteiger partial charge in [-0.2, -0.15) is 0 Å². The van der Waals surface area contributed by atoms with Crippen molar-refractivity contribution in [2.75, 3.05) is 18.0 Å². The molecule has 0 radical (unpaired) electrons. The van der Waals surface area contributed by atoms with Crippen LogP contribution in [0.4, 0.5) is 5.69 Å². The molecule has 98 valence electrons. The molecule has 1 aliphatic heterocycles. The van der Waals surface area contributed by atoms with Gasteiger partial charge in [-0.25, -0.2) is 0 Å². The molecule has 0 unspecified atom stereocenters. The average Bonchev–Trinajstić information content (AvgIpc) is 2.39. The summed E-state index contributed by atoms with van der Waals surface area (Å²) in [5.74, 6) is 0. The van der Waals surface area contributed by atoms with Gasteiger partial charge in [-0.15, -0.1) is 0 Å². The standard InChI is InChI=1S/C15H20BrNO/c1-3-15(2)6-8-17(9-7-15)13-5-4-12(11-18)14(16)10-13/h4-5,10-11H,3,6-9H2,1-2H3. The van der Waals surface area contributed by atoms with Crippen LogP contribution in [-0.2, 0) is 0 Å². The van der Waals surface area contributed by atoms with E-state index in [-0.39, 0.29) is 0 Å². The van der Waals surface area contributed by atoms with Gasteiger partial charge >= 0.3 is 0 Å². The van der Waals surface area contributed by atoms with Crippen LogP contribution in [0.5, 0.6) is 0 Å². The number of hydrogen-bond acceptors (Lipinski definition) is 2. The zero-order valence-corrected chi connectivity index (χ0v) is 12.7. The summed E-state index contributed by atoms with van der Waals surface area (Å²) in [7, 11) is 0. The fourth-order valence-corrected chi connectivity index (χ4v) is 2.93. The number of nitrogens with zero attached hydrogens (tertiary/aromatic N) is 1. The highest BCUT2D eigenvalue weighted by molar-refractivity contribution is 9.10. The SMILES string of the molecule is CCC1(C)CCN(c2ccc(C=O)c(Br)c2)CC1. The molecule has 0 saturated carbocycles. The zero-order chi connectivity index (χ0) is 13.2. The van der Waals surface area contributed by atoms with Crippen LogP contribution in [-0.4, -0.2) is 19.4 Å². The summed E-state index contributed by atoms with van der Waals surface area (Å²) in [6, 6.07) is 5.99. The number of rotatable bonds is 3. The highest BCUT2D eigenvalue weighted by Crippen LogP contribution is 2.36. The van der Waals surface area contributed by atoms with E-state index in [1.54, 1.807) is 0 Å². The van der Waals surface area contributed by atoms with E-state index in [1.807, 2.05) is 12.1 Å². The van der Waals surface area contributed by atoms with Gasteiger partial charge in [0, 0.05) is 28.8 Å². The van der Waals surface area contributed by atoms with Crippen molar-refractivity contribution in [3.8, 4) is 0 Å². The molecule has 1 saturated heterocycles. The summed E-state index contributed by atoms with van der Waals surface area (Å²) >= 11 is 3.45. The minimum Gasteiger partial charge on any atom is -0.371 e. The maximum atomic E-state index is 10.8. The first kappa shape index (κ1) is 13.6. The highest BCUT2D eigenvalue weighted by atomic mass is 79.9. The van der Waals surface area contributed by atoms with E-state index in [4.69, 9.17) is 0 Å². The summed E-state index contributed by atoms with van der Waals surface area (Å²) in [4.78, 5) is 13.2. The quantitative estimate of drug-likeness (QED) is 0.777. The molecule has 1 aromatic carbocycles. The Morgan fingerprint density at radius 2 is 2.06 bits per heavy atom. The third kappa shape index (κ3) is 2.77. The van der Waals surface area contributed by atoms with E-state index in [0.717, 1.165) is 23.8 Å². The van der Waals surface area contributed by atoms with E-state index in [9.17, 15) is 4.79 Å². The largest absolute Gasteiger partial charge is 0.371 e. The Kier molecular flexibility index (Phi) is 4.10. The van der Waals surface area contributed by atoms with Crippen LogP contribution in [0.3, 0.4) is 0 Å². The Balaban J connectivity index is 2.10. The fraction of sp³-hybridized carbons (Fsp3) is 0.533. The molecule has 2 nitrogen and oxygen atoms in total. The van der Waals surface area contributed by atoms with Crippen molar-refractivity contribution < 1.29 is 4.79 Å². The predicted octanol–water partition coefficient (Wildman–Crippen LogP) is 4.28. The van der Waals surface area contributed by atoms with Gasteiger partial charge in [-0.1, -0.05) is 20.3 Å². The molecule has 0 aromatic heterocycles. The van der Waals surface area contributed by atoms with E-state index in [1.165, 1.54) is 24.9 Å². The first-order valence-electron chi connectivity index (χ1n) is 6.58. The van der Waals surface area contributed by atoms with Crippen molar-refractivity contribution >= 4 is 27.9 Å². The second-order valence-electron chi connectivity index (χ2n) is 5.47. The third-order valence-corrected chi connectivity index (χ3v) is 4.99. The number of anilines is 1. The monoisotopic (exact) mass is 309 g/mol. The molecule has 0 N–H and O–H groups in total. The van der Waals surface area contributed by atoms with Gasteiger partial charge in [0.15, 0.2) is 6.29 Å². The number of halogens is 1. The van der Waals surface area contributed by atoms with Crippen LogP contribution >= 0.6 is 15.9 Å². The topological polar surface area (TPSA) is 20.3 Å². The van der Waals surface area contributed by atoms with Gasteiger partial charge < -0.3 is 4.90 Å². The lowest BCUT2D eigenvalue weighted by atomic mass is 9.78. The highest BCUT2D eigenvalue weighted by Gasteiger charge is 2.28. The lowest BCUT2D eigenvalue weighted by molar-refractivity contribution is 0.112. The number of carbonyl (C=O) groups excluding carboxylic acids is 1. The van der Waals surface area contributed by atoms with Gasteiger partial charge in [0.2, 0.25) is 0 Å². The summed E-state index contributed by atoms with van der Waals surface area (Å²) in [5.41, 5.74) is 2.44. The van der Waals surface area contributed by atoms with Crippen LogP contribution in [0.2, 0.25) is 0 Å². The molecule has 0 spiro atoms. The maximum Gasteiger partial charge on any atom is 0.151 e. The van der Waals surface area contributed by atoms with Gasteiger partial charge in [-0.05, 0) is 52.4 Å². The molecular weight excluding hydrogens is 290 g/mol. The van der Waals surface area contributed by atoms with Crippen molar-refractivity contribution in [2.45, 2.75) is 33.1 Å². The molecule has 18 heavy (non-hydrogen) atoms. The Morgan fingerprint density at radius 1 is 1.39 bits per heavy atom. The molecule has 1 heterocycles. The lowest BCUT2D eigenvalue weighted by Gasteiger charge is -2.40. The summed E-state index contributed by atoms with van der Waals surface area (Å²) in [6.07, 6.45) is 4.64. The fourth-order valence-electron chi connectivity index (χ4n) is 2.47. The number of hydrogen-bond donors (Lipinski definition) is 0. The predicted molar refractivity (Wildman–Crippen MR) is 79.4 cm³/mol. The molecule has 0 amide bonds. The molecular formula is C15H20BrNO. The van der Waals surface area contributed by atoms with Gasteiger partial charge in [0.05, 0.1) is 0 Å². The minimum atomic E-state index is 0.510. The first-order chi connectivity index (χ1) is 8.58. The lowest BCUT2D eigenvalue weighted by Crippen LogP contribution is -2.38. The van der Waals surface area contributed by atoms with E-state index in [2.05, 4.69) is 40.7 Å². The normalized spacial score (nSPS) is 18.7. The van der Waals surface area contributed by atoms with Gasteiger partial charge in [-0.3, -0.25) is 4.79 Å². The average molecular weight is 310 g/mol. The van der Waals surface area contributed by atoms with E-state index >= 15 is 0 Å². The van der Waals surface area contributed by atoms with E-state index < -0.39 is 0 Å². The smallest absolute Gasteiger partial charge is 0.151 e. The summed E-state index contributed by atoms with van der Waals surface area (Å²) in [5, 5.41) is 0. The molecule has 1 aromatic rings. The van der Waals surface area contributed by atoms with Gasteiger partial charge in [0.25, 0.3) is 0 Å².